The third kappa shape index (κ3) is 1.77. The lowest BCUT2D eigenvalue weighted by molar-refractivity contribution is -0.119. The zero-order valence-electron chi connectivity index (χ0n) is 7.99. The van der Waals surface area contributed by atoms with Crippen molar-refractivity contribution >= 4 is 5.91 Å². The molecule has 2 rings (SSSR count). The lowest BCUT2D eigenvalue weighted by Gasteiger charge is -2.11. The van der Waals surface area contributed by atoms with Crippen molar-refractivity contribution in [3.05, 3.63) is 35.4 Å². The van der Waals surface area contributed by atoms with Crippen LogP contribution in [-0.2, 0) is 17.6 Å². The number of nitrogens with two attached hydrogens (primary N) is 1. The summed E-state index contributed by atoms with van der Waals surface area (Å²) in [7, 11) is 0. The average Bonchev–Trinajstić information content (AvgIpc) is 2.39. The van der Waals surface area contributed by atoms with E-state index in [4.69, 9.17) is 5.73 Å². The van der Waals surface area contributed by atoms with Crippen LogP contribution in [0.5, 0.6) is 0 Å². The molecule has 0 unspecified atom stereocenters. The number of hydrogen-bond donors (Lipinski definition) is 2. The molecule has 1 heterocycles. The molecule has 1 aromatic rings. The summed E-state index contributed by atoms with van der Waals surface area (Å²) >= 11 is 0. The van der Waals surface area contributed by atoms with Crippen molar-refractivity contribution in [1.82, 2.24) is 5.32 Å². The summed E-state index contributed by atoms with van der Waals surface area (Å²) in [6, 6.07) is 8.00. The largest absolute Gasteiger partial charge is 0.368 e. The number of carbonyl (C=O) groups excluding carboxylic acids is 1. The summed E-state index contributed by atoms with van der Waals surface area (Å²) in [4.78, 5) is 11.1. The Balaban J connectivity index is 2.26. The van der Waals surface area contributed by atoms with E-state index in [2.05, 4.69) is 17.4 Å². The van der Waals surface area contributed by atoms with Gasteiger partial charge in [-0.1, -0.05) is 24.3 Å². The second-order valence-electron chi connectivity index (χ2n) is 3.63. The Bertz CT molecular complexity index is 349. The summed E-state index contributed by atoms with van der Waals surface area (Å²) in [5.41, 5.74) is 7.85. The number of hydrogen-bond acceptors (Lipinski definition) is 2. The molecule has 3 heteroatoms. The highest BCUT2D eigenvalue weighted by atomic mass is 16.1. The van der Waals surface area contributed by atoms with Crippen LogP contribution < -0.4 is 11.1 Å². The van der Waals surface area contributed by atoms with Gasteiger partial charge in [-0.2, -0.15) is 0 Å². The Kier molecular flexibility index (Phi) is 2.50. The van der Waals surface area contributed by atoms with Gasteiger partial charge in [0.1, 0.15) is 0 Å². The molecule has 1 aliphatic rings. The second kappa shape index (κ2) is 3.80. The summed E-state index contributed by atoms with van der Waals surface area (Å²) < 4.78 is 0. The van der Waals surface area contributed by atoms with Gasteiger partial charge < -0.3 is 11.1 Å². The van der Waals surface area contributed by atoms with Crippen LogP contribution in [-0.4, -0.2) is 18.5 Å². The molecule has 0 fully saturated rings. The molecule has 0 saturated heterocycles. The van der Waals surface area contributed by atoms with Gasteiger partial charge in [0.2, 0.25) is 5.91 Å². The van der Waals surface area contributed by atoms with E-state index in [1.54, 1.807) is 0 Å². The quantitative estimate of drug-likeness (QED) is 0.666. The molecule has 0 radical (unpaired) electrons. The first-order valence-electron chi connectivity index (χ1n) is 4.87. The number of nitrogens with one attached hydrogen (secondary N) is 1. The molecule has 1 aliphatic heterocycles. The van der Waals surface area contributed by atoms with Gasteiger partial charge in [-0.15, -0.1) is 0 Å². The highest BCUT2D eigenvalue weighted by Gasteiger charge is 2.19. The molecule has 3 nitrogen and oxygen atoms in total. The summed E-state index contributed by atoms with van der Waals surface area (Å²) in [6.07, 6.45) is 1.69. The molecular formula is C11H14N2O. The third-order valence-corrected chi connectivity index (χ3v) is 2.67. The van der Waals surface area contributed by atoms with Crippen molar-refractivity contribution < 1.29 is 4.79 Å². The van der Waals surface area contributed by atoms with Gasteiger partial charge in [-0.3, -0.25) is 4.79 Å². The molecule has 1 atom stereocenters. The Morgan fingerprint density at radius 1 is 1.36 bits per heavy atom. The van der Waals surface area contributed by atoms with Crippen molar-refractivity contribution in [2.75, 3.05) is 6.54 Å². The number of carbonyl (C=O) groups is 1. The number of amides is 1. The van der Waals surface area contributed by atoms with Crippen LogP contribution in [0.2, 0.25) is 0 Å². The maximum Gasteiger partial charge on any atom is 0.234 e. The van der Waals surface area contributed by atoms with E-state index in [0.717, 1.165) is 13.0 Å². The van der Waals surface area contributed by atoms with Gasteiger partial charge in [0.15, 0.2) is 0 Å². The third-order valence-electron chi connectivity index (χ3n) is 2.67. The second-order valence-corrected chi connectivity index (χ2v) is 3.63. The van der Waals surface area contributed by atoms with Crippen LogP contribution in [0.4, 0.5) is 0 Å². The summed E-state index contributed by atoms with van der Waals surface area (Å²) in [5, 5.41) is 3.15. The maximum absolute atomic E-state index is 11.1. The first-order chi connectivity index (χ1) is 6.77. The van der Waals surface area contributed by atoms with Crippen molar-refractivity contribution in [1.29, 1.82) is 0 Å². The van der Waals surface area contributed by atoms with Crippen molar-refractivity contribution in [3.63, 3.8) is 0 Å². The van der Waals surface area contributed by atoms with Gasteiger partial charge in [-0.25, -0.2) is 0 Å². The first-order valence-corrected chi connectivity index (χ1v) is 4.87. The SMILES string of the molecule is NC(=O)[C@@H]1Cc2ccccc2CCN1. The first kappa shape index (κ1) is 9.21. The summed E-state index contributed by atoms with van der Waals surface area (Å²) in [5.74, 6) is -0.262. The fourth-order valence-corrected chi connectivity index (χ4v) is 1.87. The zero-order valence-corrected chi connectivity index (χ0v) is 7.99. The predicted octanol–water partition coefficient (Wildman–Crippen LogP) is 0.229. The minimum atomic E-state index is -0.262. The molecule has 0 aliphatic carbocycles. The summed E-state index contributed by atoms with van der Waals surface area (Å²) in [6.45, 7) is 0.824. The molecule has 0 aromatic heterocycles. The Morgan fingerprint density at radius 2 is 2.07 bits per heavy atom. The molecule has 1 aromatic carbocycles. The molecule has 1 amide bonds. The van der Waals surface area contributed by atoms with Crippen LogP contribution in [0.15, 0.2) is 24.3 Å². The van der Waals surface area contributed by atoms with E-state index in [0.29, 0.717) is 6.42 Å². The number of primary amides is 1. The van der Waals surface area contributed by atoms with E-state index in [1.165, 1.54) is 11.1 Å². The normalized spacial score (nSPS) is 21.0. The van der Waals surface area contributed by atoms with Crippen molar-refractivity contribution in [3.8, 4) is 0 Å². The van der Waals surface area contributed by atoms with Crippen LogP contribution in [0.25, 0.3) is 0 Å². The lowest BCUT2D eigenvalue weighted by atomic mass is 10.0. The van der Waals surface area contributed by atoms with Crippen LogP contribution >= 0.6 is 0 Å². The highest BCUT2D eigenvalue weighted by Crippen LogP contribution is 2.14. The van der Waals surface area contributed by atoms with E-state index in [1.807, 2.05) is 12.1 Å². The zero-order chi connectivity index (χ0) is 9.97. The Labute approximate surface area is 83.3 Å². The van der Waals surface area contributed by atoms with Crippen LogP contribution in [0, 0.1) is 0 Å². The van der Waals surface area contributed by atoms with Crippen molar-refractivity contribution in [2.24, 2.45) is 5.73 Å². The van der Waals surface area contributed by atoms with Gasteiger partial charge in [-0.05, 0) is 30.5 Å². The van der Waals surface area contributed by atoms with Gasteiger partial charge in [0.05, 0.1) is 6.04 Å². The van der Waals surface area contributed by atoms with Gasteiger partial charge in [0.25, 0.3) is 0 Å². The van der Waals surface area contributed by atoms with Gasteiger partial charge in [0, 0.05) is 0 Å². The standard InChI is InChI=1S/C11H14N2O/c12-11(14)10-7-9-4-2-1-3-8(9)5-6-13-10/h1-4,10,13H,5-7H2,(H2,12,14)/t10-/m0/s1. The number of rotatable bonds is 1. The van der Waals surface area contributed by atoms with Crippen LogP contribution in [0.1, 0.15) is 11.1 Å². The minimum Gasteiger partial charge on any atom is -0.368 e. The monoisotopic (exact) mass is 190 g/mol. The number of benzene rings is 1. The van der Waals surface area contributed by atoms with E-state index in [9.17, 15) is 4.79 Å². The van der Waals surface area contributed by atoms with Gasteiger partial charge >= 0.3 is 0 Å². The smallest absolute Gasteiger partial charge is 0.234 e. The molecule has 14 heavy (non-hydrogen) atoms. The molecule has 0 spiro atoms. The predicted molar refractivity (Wildman–Crippen MR) is 54.8 cm³/mol. The lowest BCUT2D eigenvalue weighted by Crippen LogP contribution is -2.42. The molecule has 0 saturated carbocycles. The fraction of sp³-hybridized carbons (Fsp3) is 0.364. The van der Waals surface area contributed by atoms with E-state index in [-0.39, 0.29) is 11.9 Å². The molecule has 3 N–H and O–H groups in total. The number of fused-ring (bicyclic) bond motifs is 1. The Morgan fingerprint density at radius 3 is 2.79 bits per heavy atom. The highest BCUT2D eigenvalue weighted by molar-refractivity contribution is 5.80. The maximum atomic E-state index is 11.1. The minimum absolute atomic E-state index is 0.210. The van der Waals surface area contributed by atoms with E-state index < -0.39 is 0 Å². The van der Waals surface area contributed by atoms with Crippen molar-refractivity contribution in [2.45, 2.75) is 18.9 Å². The topological polar surface area (TPSA) is 55.1 Å². The molecule has 0 bridgehead atoms. The molecular weight excluding hydrogens is 176 g/mol. The fourth-order valence-electron chi connectivity index (χ4n) is 1.87. The van der Waals surface area contributed by atoms with E-state index >= 15 is 0 Å². The Hall–Kier alpha value is -1.35. The average molecular weight is 190 g/mol. The van der Waals surface area contributed by atoms with Crippen LogP contribution in [0.3, 0.4) is 0 Å². The molecule has 74 valence electrons.